The fourth-order valence-electron chi connectivity index (χ4n) is 2.80. The Balaban J connectivity index is 2.03. The smallest absolute Gasteiger partial charge is 0.242 e. The van der Waals surface area contributed by atoms with E-state index in [-0.39, 0.29) is 11.8 Å². The highest BCUT2D eigenvalue weighted by Gasteiger charge is 2.25. The zero-order chi connectivity index (χ0) is 21.2. The second-order valence-electron chi connectivity index (χ2n) is 6.56. The van der Waals surface area contributed by atoms with Gasteiger partial charge in [0.1, 0.15) is 11.8 Å². The lowest BCUT2D eigenvalue weighted by atomic mass is 10.1. The van der Waals surface area contributed by atoms with Crippen molar-refractivity contribution in [3.63, 3.8) is 0 Å². The third kappa shape index (κ3) is 7.40. The van der Waals surface area contributed by atoms with Crippen LogP contribution in [-0.2, 0) is 21.9 Å². The molecule has 1 atom stereocenters. The average molecular weight is 479 g/mol. The lowest BCUT2D eigenvalue weighted by Crippen LogP contribution is -2.48. The predicted molar refractivity (Wildman–Crippen MR) is 122 cm³/mol. The van der Waals surface area contributed by atoms with Crippen LogP contribution in [0.15, 0.2) is 53.0 Å². The van der Waals surface area contributed by atoms with Crippen LogP contribution >= 0.6 is 27.7 Å². The number of ether oxygens (including phenoxy) is 1. The van der Waals surface area contributed by atoms with Crippen LogP contribution in [0, 0.1) is 0 Å². The molecule has 0 aromatic heterocycles. The van der Waals surface area contributed by atoms with Crippen molar-refractivity contribution in [1.82, 2.24) is 10.2 Å². The first-order chi connectivity index (χ1) is 13.9. The summed E-state index contributed by atoms with van der Waals surface area (Å²) < 4.78 is 6.11. The molecule has 2 rings (SSSR count). The van der Waals surface area contributed by atoms with Crippen molar-refractivity contribution >= 4 is 39.5 Å². The molecule has 0 heterocycles. The van der Waals surface area contributed by atoms with E-state index in [1.165, 1.54) is 11.8 Å². The summed E-state index contributed by atoms with van der Waals surface area (Å²) in [6.07, 6.45) is 0. The summed E-state index contributed by atoms with van der Waals surface area (Å²) in [5, 5.41) is 2.81. The first kappa shape index (κ1) is 23.3. The molecule has 7 heteroatoms. The molecule has 0 aliphatic rings. The number of rotatable bonds is 10. The van der Waals surface area contributed by atoms with Crippen LogP contribution in [-0.4, -0.2) is 42.2 Å². The van der Waals surface area contributed by atoms with Gasteiger partial charge in [0, 0.05) is 23.3 Å². The highest BCUT2D eigenvalue weighted by atomic mass is 79.9. The number of carbonyl (C=O) groups excluding carboxylic acids is 2. The molecule has 2 amide bonds. The van der Waals surface area contributed by atoms with Crippen LogP contribution in [0.1, 0.15) is 25.0 Å². The SMILES string of the molecule is CCNC(=O)[C@@H](C)N(Cc1cccc(Br)c1)C(=O)CSCc1ccc(OC)cc1. The molecule has 0 radical (unpaired) electrons. The standard InChI is InChI=1S/C22H27BrN2O3S/c1-4-24-22(27)16(2)25(13-18-6-5-7-19(23)12-18)21(26)15-29-14-17-8-10-20(28-3)11-9-17/h5-12,16H,4,13-15H2,1-3H3,(H,24,27)/t16-/m1/s1. The first-order valence-corrected chi connectivity index (χ1v) is 11.4. The minimum absolute atomic E-state index is 0.0535. The van der Waals surface area contributed by atoms with Crippen LogP contribution in [0.25, 0.3) is 0 Å². The van der Waals surface area contributed by atoms with E-state index in [9.17, 15) is 9.59 Å². The maximum atomic E-state index is 13.0. The van der Waals surface area contributed by atoms with Crippen LogP contribution in [0.5, 0.6) is 5.75 Å². The van der Waals surface area contributed by atoms with Crippen molar-refractivity contribution in [2.45, 2.75) is 32.2 Å². The van der Waals surface area contributed by atoms with Gasteiger partial charge in [-0.25, -0.2) is 0 Å². The minimum atomic E-state index is -0.539. The summed E-state index contributed by atoms with van der Waals surface area (Å²) in [4.78, 5) is 27.0. The topological polar surface area (TPSA) is 58.6 Å². The number of benzene rings is 2. The molecule has 0 aliphatic heterocycles. The predicted octanol–water partition coefficient (Wildman–Crippen LogP) is 4.24. The zero-order valence-corrected chi connectivity index (χ0v) is 19.4. The van der Waals surface area contributed by atoms with E-state index in [0.717, 1.165) is 27.1 Å². The number of carbonyl (C=O) groups is 2. The molecule has 0 aliphatic carbocycles. The average Bonchev–Trinajstić information content (AvgIpc) is 2.72. The second-order valence-corrected chi connectivity index (χ2v) is 8.46. The molecule has 5 nitrogen and oxygen atoms in total. The number of nitrogens with one attached hydrogen (secondary N) is 1. The Hall–Kier alpha value is -1.99. The molecule has 29 heavy (non-hydrogen) atoms. The number of methoxy groups -OCH3 is 1. The number of amides is 2. The molecule has 0 spiro atoms. The number of hydrogen-bond acceptors (Lipinski definition) is 4. The van der Waals surface area contributed by atoms with Crippen molar-refractivity contribution in [2.24, 2.45) is 0 Å². The van der Waals surface area contributed by atoms with E-state index in [4.69, 9.17) is 4.74 Å². The maximum absolute atomic E-state index is 13.0. The Morgan fingerprint density at radius 2 is 1.90 bits per heavy atom. The summed E-state index contributed by atoms with van der Waals surface area (Å²) in [5.41, 5.74) is 2.10. The lowest BCUT2D eigenvalue weighted by molar-refractivity contribution is -0.138. The van der Waals surface area contributed by atoms with E-state index in [1.54, 1.807) is 18.9 Å². The van der Waals surface area contributed by atoms with E-state index < -0.39 is 6.04 Å². The van der Waals surface area contributed by atoms with Gasteiger partial charge in [0.15, 0.2) is 0 Å². The van der Waals surface area contributed by atoms with Crippen molar-refractivity contribution in [3.05, 3.63) is 64.1 Å². The highest BCUT2D eigenvalue weighted by Crippen LogP contribution is 2.19. The number of halogens is 1. The normalized spacial score (nSPS) is 11.6. The summed E-state index contributed by atoms with van der Waals surface area (Å²) in [7, 11) is 1.64. The van der Waals surface area contributed by atoms with Gasteiger partial charge in [0.25, 0.3) is 0 Å². The van der Waals surface area contributed by atoms with Gasteiger partial charge >= 0.3 is 0 Å². The van der Waals surface area contributed by atoms with Crippen LogP contribution < -0.4 is 10.1 Å². The number of thioether (sulfide) groups is 1. The Morgan fingerprint density at radius 3 is 2.52 bits per heavy atom. The van der Waals surface area contributed by atoms with Gasteiger partial charge in [-0.1, -0.05) is 40.2 Å². The molecular weight excluding hydrogens is 452 g/mol. The Morgan fingerprint density at radius 1 is 1.17 bits per heavy atom. The van der Waals surface area contributed by atoms with Gasteiger partial charge in [-0.05, 0) is 49.2 Å². The van der Waals surface area contributed by atoms with Gasteiger partial charge in [0.2, 0.25) is 11.8 Å². The van der Waals surface area contributed by atoms with Crippen LogP contribution in [0.2, 0.25) is 0 Å². The maximum Gasteiger partial charge on any atom is 0.242 e. The molecule has 2 aromatic carbocycles. The molecule has 0 saturated heterocycles. The Bertz CT molecular complexity index is 814. The molecule has 0 bridgehead atoms. The molecule has 1 N–H and O–H groups in total. The van der Waals surface area contributed by atoms with E-state index in [0.29, 0.717) is 18.8 Å². The molecule has 0 unspecified atom stereocenters. The largest absolute Gasteiger partial charge is 0.497 e. The van der Waals surface area contributed by atoms with Crippen molar-refractivity contribution in [2.75, 3.05) is 19.4 Å². The van der Waals surface area contributed by atoms with Crippen molar-refractivity contribution < 1.29 is 14.3 Å². The van der Waals surface area contributed by atoms with E-state index in [1.807, 2.05) is 55.5 Å². The van der Waals surface area contributed by atoms with Crippen LogP contribution in [0.4, 0.5) is 0 Å². The van der Waals surface area contributed by atoms with Crippen molar-refractivity contribution in [3.8, 4) is 5.75 Å². The van der Waals surface area contributed by atoms with E-state index >= 15 is 0 Å². The van der Waals surface area contributed by atoms with Crippen molar-refractivity contribution in [1.29, 1.82) is 0 Å². The monoisotopic (exact) mass is 478 g/mol. The number of hydrogen-bond donors (Lipinski definition) is 1. The quantitative estimate of drug-likeness (QED) is 0.554. The molecule has 0 saturated carbocycles. The molecule has 0 fully saturated rings. The summed E-state index contributed by atoms with van der Waals surface area (Å²) in [5.74, 6) is 1.64. The van der Waals surface area contributed by atoms with E-state index in [2.05, 4.69) is 21.2 Å². The van der Waals surface area contributed by atoms with Crippen LogP contribution in [0.3, 0.4) is 0 Å². The third-order valence-corrected chi connectivity index (χ3v) is 5.90. The summed E-state index contributed by atoms with van der Waals surface area (Å²) in [6.45, 7) is 4.57. The minimum Gasteiger partial charge on any atom is -0.497 e. The first-order valence-electron chi connectivity index (χ1n) is 9.47. The molecule has 156 valence electrons. The fraction of sp³-hybridized carbons (Fsp3) is 0.364. The third-order valence-electron chi connectivity index (χ3n) is 4.41. The summed E-state index contributed by atoms with van der Waals surface area (Å²) >= 11 is 5.00. The number of nitrogens with zero attached hydrogens (tertiary/aromatic N) is 1. The summed E-state index contributed by atoms with van der Waals surface area (Å²) in [6, 6.07) is 15.1. The molecule has 2 aromatic rings. The molecular formula is C22H27BrN2O3S. The Kier molecular flexibility index (Phi) is 9.54. The fourth-order valence-corrected chi connectivity index (χ4v) is 4.11. The lowest BCUT2D eigenvalue weighted by Gasteiger charge is -2.28. The van der Waals surface area contributed by atoms with Gasteiger partial charge < -0.3 is 15.0 Å². The zero-order valence-electron chi connectivity index (χ0n) is 17.0. The van der Waals surface area contributed by atoms with Gasteiger partial charge in [-0.2, -0.15) is 0 Å². The number of likely N-dealkylation sites (N-methyl/N-ethyl adjacent to an activating group) is 1. The van der Waals surface area contributed by atoms with Gasteiger partial charge in [-0.15, -0.1) is 11.8 Å². The van der Waals surface area contributed by atoms with Gasteiger partial charge in [0.05, 0.1) is 12.9 Å². The Labute approximate surface area is 185 Å². The van der Waals surface area contributed by atoms with Gasteiger partial charge in [-0.3, -0.25) is 9.59 Å². The highest BCUT2D eigenvalue weighted by molar-refractivity contribution is 9.10. The second kappa shape index (κ2) is 11.9.